The van der Waals surface area contributed by atoms with E-state index in [0.717, 1.165) is 36.3 Å². The van der Waals surface area contributed by atoms with E-state index in [1.54, 1.807) is 18.3 Å². The average Bonchev–Trinajstić information content (AvgIpc) is 3.23. The Morgan fingerprint density at radius 2 is 1.96 bits per heavy atom. The second-order valence-corrected chi connectivity index (χ2v) is 6.92. The van der Waals surface area contributed by atoms with Crippen molar-refractivity contribution in [1.29, 1.82) is 0 Å². The van der Waals surface area contributed by atoms with E-state index >= 15 is 0 Å². The van der Waals surface area contributed by atoms with Crippen LogP contribution in [0.2, 0.25) is 0 Å². The Kier molecular flexibility index (Phi) is 4.32. The second-order valence-electron chi connectivity index (χ2n) is 6.92. The summed E-state index contributed by atoms with van der Waals surface area (Å²) >= 11 is 0. The van der Waals surface area contributed by atoms with Gasteiger partial charge in [-0.1, -0.05) is 12.1 Å². The second kappa shape index (κ2) is 6.76. The van der Waals surface area contributed by atoms with Gasteiger partial charge in [-0.05, 0) is 54.5 Å². The molecule has 1 aliphatic carbocycles. The fourth-order valence-electron chi connectivity index (χ4n) is 3.30. The minimum absolute atomic E-state index is 0.172. The fourth-order valence-corrected chi connectivity index (χ4v) is 3.30. The lowest BCUT2D eigenvalue weighted by molar-refractivity contribution is 0.454. The van der Waals surface area contributed by atoms with Gasteiger partial charge in [0.1, 0.15) is 5.82 Å². The molecule has 128 valence electrons. The largest absolute Gasteiger partial charge is 0.312 e. The first kappa shape index (κ1) is 16.0. The van der Waals surface area contributed by atoms with E-state index in [4.69, 9.17) is 0 Å². The molecule has 2 heterocycles. The highest BCUT2D eigenvalue weighted by Crippen LogP contribution is 2.47. The Morgan fingerprint density at radius 1 is 1.12 bits per heavy atom. The number of hydrogen-bond acceptors (Lipinski definition) is 3. The van der Waals surface area contributed by atoms with Gasteiger partial charge in [0.15, 0.2) is 0 Å². The standard InChI is InChI=1S/C20H21FN4/c21-18-5-3-15(4-6-18)10-20(7-8-20)14-23-12-17-13-24-25-19(17)16-2-1-9-22-11-16/h1-6,9,11,13,23H,7-8,10,12,14H2,(H,24,25). The van der Waals surface area contributed by atoms with E-state index in [2.05, 4.69) is 20.5 Å². The summed E-state index contributed by atoms with van der Waals surface area (Å²) in [6.07, 6.45) is 8.92. The Balaban J connectivity index is 1.35. The molecule has 0 amide bonds. The summed E-state index contributed by atoms with van der Waals surface area (Å²) in [5.74, 6) is -0.172. The van der Waals surface area contributed by atoms with Crippen molar-refractivity contribution in [2.75, 3.05) is 6.54 Å². The van der Waals surface area contributed by atoms with E-state index in [1.807, 2.05) is 36.7 Å². The van der Waals surface area contributed by atoms with Gasteiger partial charge in [-0.25, -0.2) is 4.39 Å². The van der Waals surface area contributed by atoms with Gasteiger partial charge in [0.05, 0.1) is 11.9 Å². The molecule has 2 aromatic heterocycles. The molecule has 1 fully saturated rings. The lowest BCUT2D eigenvalue weighted by atomic mass is 9.96. The molecule has 25 heavy (non-hydrogen) atoms. The quantitative estimate of drug-likeness (QED) is 0.691. The van der Waals surface area contributed by atoms with Crippen LogP contribution in [-0.4, -0.2) is 21.7 Å². The minimum atomic E-state index is -0.172. The fraction of sp³-hybridized carbons (Fsp3) is 0.300. The maximum atomic E-state index is 13.0. The van der Waals surface area contributed by atoms with Gasteiger partial charge < -0.3 is 5.32 Å². The normalized spacial score (nSPS) is 15.2. The summed E-state index contributed by atoms with van der Waals surface area (Å²) in [6.45, 7) is 1.73. The maximum absolute atomic E-state index is 13.0. The first-order valence-corrected chi connectivity index (χ1v) is 8.62. The molecule has 4 nitrogen and oxygen atoms in total. The molecule has 4 rings (SSSR count). The molecular formula is C20H21FN4. The first-order chi connectivity index (χ1) is 12.2. The number of aromatic amines is 1. The number of nitrogens with one attached hydrogen (secondary N) is 2. The molecule has 0 aliphatic heterocycles. The molecule has 0 saturated heterocycles. The van der Waals surface area contributed by atoms with Crippen LogP contribution in [0.25, 0.3) is 11.3 Å². The SMILES string of the molecule is Fc1ccc(CC2(CNCc3cn[nH]c3-c3cccnc3)CC2)cc1. The van der Waals surface area contributed by atoms with Crippen molar-refractivity contribution in [3.8, 4) is 11.3 Å². The average molecular weight is 336 g/mol. The third-order valence-corrected chi connectivity index (χ3v) is 4.93. The third kappa shape index (κ3) is 3.77. The van der Waals surface area contributed by atoms with Gasteiger partial charge in [-0.15, -0.1) is 0 Å². The molecule has 0 atom stereocenters. The zero-order valence-electron chi connectivity index (χ0n) is 14.0. The van der Waals surface area contributed by atoms with Crippen molar-refractivity contribution in [3.63, 3.8) is 0 Å². The van der Waals surface area contributed by atoms with Crippen LogP contribution in [0, 0.1) is 11.2 Å². The molecule has 0 radical (unpaired) electrons. The predicted molar refractivity (Wildman–Crippen MR) is 95.3 cm³/mol. The third-order valence-electron chi connectivity index (χ3n) is 4.93. The van der Waals surface area contributed by atoms with Crippen molar-refractivity contribution >= 4 is 0 Å². The minimum Gasteiger partial charge on any atom is -0.312 e. The van der Waals surface area contributed by atoms with Crippen LogP contribution in [0.4, 0.5) is 4.39 Å². The van der Waals surface area contributed by atoms with Crippen LogP contribution in [-0.2, 0) is 13.0 Å². The summed E-state index contributed by atoms with van der Waals surface area (Å²) < 4.78 is 13.0. The number of rotatable bonds is 7. The lowest BCUT2D eigenvalue weighted by Gasteiger charge is -2.16. The van der Waals surface area contributed by atoms with Crippen LogP contribution in [0.1, 0.15) is 24.0 Å². The summed E-state index contributed by atoms with van der Waals surface area (Å²) in [4.78, 5) is 4.17. The zero-order valence-corrected chi connectivity index (χ0v) is 14.0. The van der Waals surface area contributed by atoms with E-state index in [-0.39, 0.29) is 5.82 Å². The summed E-state index contributed by atoms with van der Waals surface area (Å²) in [5, 5.41) is 10.8. The monoisotopic (exact) mass is 336 g/mol. The Morgan fingerprint density at radius 3 is 2.68 bits per heavy atom. The van der Waals surface area contributed by atoms with Crippen LogP contribution in [0.15, 0.2) is 55.0 Å². The van der Waals surface area contributed by atoms with Gasteiger partial charge >= 0.3 is 0 Å². The van der Waals surface area contributed by atoms with Crippen LogP contribution in [0.5, 0.6) is 0 Å². The number of pyridine rings is 1. The predicted octanol–water partition coefficient (Wildman–Crippen LogP) is 3.72. The van der Waals surface area contributed by atoms with E-state index < -0.39 is 0 Å². The Hall–Kier alpha value is -2.53. The zero-order chi connectivity index (χ0) is 17.1. The molecule has 1 saturated carbocycles. The molecule has 5 heteroatoms. The molecule has 2 N–H and O–H groups in total. The highest BCUT2D eigenvalue weighted by Gasteiger charge is 2.41. The lowest BCUT2D eigenvalue weighted by Crippen LogP contribution is -2.25. The van der Waals surface area contributed by atoms with Crippen LogP contribution in [0.3, 0.4) is 0 Å². The highest BCUT2D eigenvalue weighted by molar-refractivity contribution is 5.61. The highest BCUT2D eigenvalue weighted by atomic mass is 19.1. The number of nitrogens with zero attached hydrogens (tertiary/aromatic N) is 2. The first-order valence-electron chi connectivity index (χ1n) is 8.62. The Bertz CT molecular complexity index is 822. The van der Waals surface area contributed by atoms with Crippen molar-refractivity contribution in [2.24, 2.45) is 5.41 Å². The molecular weight excluding hydrogens is 315 g/mol. The number of benzene rings is 1. The molecule has 0 bridgehead atoms. The summed E-state index contributed by atoms with van der Waals surface area (Å²) in [5.41, 5.74) is 4.73. The number of halogens is 1. The van der Waals surface area contributed by atoms with Gasteiger partial charge in [0.2, 0.25) is 0 Å². The topological polar surface area (TPSA) is 53.6 Å². The smallest absolute Gasteiger partial charge is 0.123 e. The van der Waals surface area contributed by atoms with Gasteiger partial charge in [0, 0.05) is 36.6 Å². The Labute approximate surface area is 146 Å². The van der Waals surface area contributed by atoms with E-state index in [0.29, 0.717) is 5.41 Å². The van der Waals surface area contributed by atoms with Crippen molar-refractivity contribution < 1.29 is 4.39 Å². The van der Waals surface area contributed by atoms with E-state index in [9.17, 15) is 4.39 Å². The van der Waals surface area contributed by atoms with Crippen LogP contribution >= 0.6 is 0 Å². The molecule has 0 spiro atoms. The van der Waals surface area contributed by atoms with Crippen LogP contribution < -0.4 is 5.32 Å². The number of hydrogen-bond donors (Lipinski definition) is 2. The maximum Gasteiger partial charge on any atom is 0.123 e. The number of H-pyrrole nitrogens is 1. The molecule has 1 aromatic carbocycles. The summed E-state index contributed by atoms with van der Waals surface area (Å²) in [6, 6.07) is 10.8. The molecule has 1 aliphatic rings. The molecule has 3 aromatic rings. The van der Waals surface area contributed by atoms with Gasteiger partial charge in [-0.2, -0.15) is 5.10 Å². The van der Waals surface area contributed by atoms with Crippen molar-refractivity contribution in [2.45, 2.75) is 25.8 Å². The van der Waals surface area contributed by atoms with E-state index in [1.165, 1.54) is 18.4 Å². The van der Waals surface area contributed by atoms with Crippen molar-refractivity contribution in [3.05, 3.63) is 71.9 Å². The van der Waals surface area contributed by atoms with Gasteiger partial charge in [0.25, 0.3) is 0 Å². The van der Waals surface area contributed by atoms with Gasteiger partial charge in [-0.3, -0.25) is 10.1 Å². The van der Waals surface area contributed by atoms with Crippen molar-refractivity contribution in [1.82, 2.24) is 20.5 Å². The molecule has 0 unspecified atom stereocenters. The number of aromatic nitrogens is 3. The summed E-state index contributed by atoms with van der Waals surface area (Å²) in [7, 11) is 0.